The predicted octanol–water partition coefficient (Wildman–Crippen LogP) is 4.99. The lowest BCUT2D eigenvalue weighted by molar-refractivity contribution is -0.122. The van der Waals surface area contributed by atoms with Gasteiger partial charge in [-0.05, 0) is 42.0 Å². The Labute approximate surface area is 195 Å². The summed E-state index contributed by atoms with van der Waals surface area (Å²) in [5.74, 6) is -0.397. The molecule has 0 atom stereocenters. The minimum absolute atomic E-state index is 0.0735. The fraction of sp³-hybridized carbons (Fsp3) is 0.222. The highest BCUT2D eigenvalue weighted by molar-refractivity contribution is 5.98. The Morgan fingerprint density at radius 3 is 2.12 bits per heavy atom. The van der Waals surface area contributed by atoms with Gasteiger partial charge in [0.05, 0.1) is 12.5 Å². The van der Waals surface area contributed by atoms with Crippen LogP contribution in [0.25, 0.3) is 0 Å². The Morgan fingerprint density at radius 2 is 1.48 bits per heavy atom. The van der Waals surface area contributed by atoms with Crippen molar-refractivity contribution in [1.29, 1.82) is 5.26 Å². The number of carbonyl (C=O) groups excluding carboxylic acids is 2. The van der Waals surface area contributed by atoms with E-state index in [4.69, 9.17) is 5.26 Å². The predicted molar refractivity (Wildman–Crippen MR) is 132 cm³/mol. The molecule has 0 aliphatic heterocycles. The Morgan fingerprint density at radius 1 is 0.848 bits per heavy atom. The Bertz CT molecular complexity index is 1080. The van der Waals surface area contributed by atoms with Crippen molar-refractivity contribution in [2.75, 3.05) is 28.7 Å². The lowest BCUT2D eigenvalue weighted by atomic mass is 10.2. The summed E-state index contributed by atoms with van der Waals surface area (Å²) in [4.78, 5) is 28.8. The number of carbonyl (C=O) groups is 2. The largest absolute Gasteiger partial charge is 0.370 e. The van der Waals surface area contributed by atoms with Crippen LogP contribution in [-0.2, 0) is 16.1 Å². The zero-order valence-electron chi connectivity index (χ0n) is 18.8. The number of rotatable bonds is 10. The summed E-state index contributed by atoms with van der Waals surface area (Å²) in [5.41, 5.74) is 3.69. The van der Waals surface area contributed by atoms with Gasteiger partial charge in [0.1, 0.15) is 0 Å². The molecule has 0 unspecified atom stereocenters. The highest BCUT2D eigenvalue weighted by Gasteiger charge is 2.16. The zero-order valence-corrected chi connectivity index (χ0v) is 18.8. The van der Waals surface area contributed by atoms with E-state index in [9.17, 15) is 9.59 Å². The third-order valence-corrected chi connectivity index (χ3v) is 5.24. The molecule has 0 aliphatic rings. The average Bonchev–Trinajstić information content (AvgIpc) is 2.84. The third kappa shape index (κ3) is 7.22. The first-order valence-corrected chi connectivity index (χ1v) is 10.9. The van der Waals surface area contributed by atoms with Gasteiger partial charge >= 0.3 is 0 Å². The van der Waals surface area contributed by atoms with Crippen LogP contribution in [0.2, 0.25) is 0 Å². The minimum atomic E-state index is -0.220. The van der Waals surface area contributed by atoms with Crippen molar-refractivity contribution in [3.63, 3.8) is 0 Å². The Balaban J connectivity index is 1.51. The maximum absolute atomic E-state index is 12.7. The molecule has 3 rings (SSSR count). The molecule has 0 saturated carbocycles. The molecule has 0 bridgehead atoms. The van der Waals surface area contributed by atoms with Gasteiger partial charge in [0.25, 0.3) is 0 Å². The van der Waals surface area contributed by atoms with Crippen LogP contribution >= 0.6 is 0 Å². The molecule has 33 heavy (non-hydrogen) atoms. The van der Waals surface area contributed by atoms with Crippen molar-refractivity contribution in [2.24, 2.45) is 0 Å². The van der Waals surface area contributed by atoms with Gasteiger partial charge in [-0.1, -0.05) is 48.5 Å². The molecule has 0 heterocycles. The second-order valence-electron chi connectivity index (χ2n) is 7.73. The van der Waals surface area contributed by atoms with E-state index in [1.165, 1.54) is 5.56 Å². The number of hydrogen-bond donors (Lipinski definition) is 1. The molecule has 3 aromatic carbocycles. The summed E-state index contributed by atoms with van der Waals surface area (Å²) >= 11 is 0. The molecule has 0 radical (unpaired) electrons. The van der Waals surface area contributed by atoms with Crippen molar-refractivity contribution >= 4 is 28.9 Å². The SMILES string of the molecule is CN(Cc1ccccc1)c1ccc(NC(=O)CCC(=O)N(CCC#N)c2ccccc2)cc1. The summed E-state index contributed by atoms with van der Waals surface area (Å²) in [6.45, 7) is 1.09. The molecule has 6 nitrogen and oxygen atoms in total. The van der Waals surface area contributed by atoms with E-state index in [0.717, 1.165) is 17.9 Å². The van der Waals surface area contributed by atoms with Crippen LogP contribution in [-0.4, -0.2) is 25.4 Å². The van der Waals surface area contributed by atoms with E-state index in [1.54, 1.807) is 4.90 Å². The van der Waals surface area contributed by atoms with E-state index >= 15 is 0 Å². The van der Waals surface area contributed by atoms with Crippen molar-refractivity contribution in [1.82, 2.24) is 0 Å². The first-order valence-electron chi connectivity index (χ1n) is 10.9. The molecule has 0 aromatic heterocycles. The average molecular weight is 441 g/mol. The van der Waals surface area contributed by atoms with Crippen molar-refractivity contribution in [3.8, 4) is 6.07 Å². The van der Waals surface area contributed by atoms with Crippen LogP contribution in [0.5, 0.6) is 0 Å². The van der Waals surface area contributed by atoms with Gasteiger partial charge in [0.15, 0.2) is 0 Å². The maximum atomic E-state index is 12.7. The second kappa shape index (κ2) is 12.1. The molecule has 6 heteroatoms. The molecule has 2 amide bonds. The second-order valence-corrected chi connectivity index (χ2v) is 7.73. The standard InChI is InChI=1S/C27H28N4O2/c1-30(21-22-9-4-2-5-10-22)24-15-13-23(14-16-24)29-26(32)17-18-27(33)31(20-8-19-28)25-11-6-3-7-12-25/h2-7,9-16H,8,17-18,20-21H2,1H3,(H,29,32). The molecule has 168 valence electrons. The van der Waals surface area contributed by atoms with Crippen LogP contribution in [0.15, 0.2) is 84.9 Å². The van der Waals surface area contributed by atoms with Crippen LogP contribution in [0.4, 0.5) is 17.1 Å². The first kappa shape index (κ1) is 23.6. The minimum Gasteiger partial charge on any atom is -0.370 e. The monoisotopic (exact) mass is 440 g/mol. The van der Waals surface area contributed by atoms with Gasteiger partial charge in [-0.2, -0.15) is 5.26 Å². The maximum Gasteiger partial charge on any atom is 0.227 e. The molecule has 0 aliphatic carbocycles. The molecular weight excluding hydrogens is 412 g/mol. The van der Waals surface area contributed by atoms with Gasteiger partial charge < -0.3 is 15.1 Å². The van der Waals surface area contributed by atoms with E-state index in [2.05, 4.69) is 28.4 Å². The number of benzene rings is 3. The first-order chi connectivity index (χ1) is 16.1. The van der Waals surface area contributed by atoms with Crippen LogP contribution in [0, 0.1) is 11.3 Å². The summed E-state index contributed by atoms with van der Waals surface area (Å²) in [6.07, 6.45) is 0.381. The number of nitrogens with zero attached hydrogens (tertiary/aromatic N) is 3. The highest BCUT2D eigenvalue weighted by atomic mass is 16.2. The van der Waals surface area contributed by atoms with Crippen molar-refractivity contribution < 1.29 is 9.59 Å². The quantitative estimate of drug-likeness (QED) is 0.482. The van der Waals surface area contributed by atoms with Gasteiger partial charge in [-0.3, -0.25) is 9.59 Å². The normalized spacial score (nSPS) is 10.2. The smallest absolute Gasteiger partial charge is 0.227 e. The van der Waals surface area contributed by atoms with E-state index < -0.39 is 0 Å². The summed E-state index contributed by atoms with van der Waals surface area (Å²) in [5, 5.41) is 11.8. The molecule has 3 aromatic rings. The molecule has 0 spiro atoms. The van der Waals surface area contributed by atoms with Gasteiger partial charge in [-0.25, -0.2) is 0 Å². The highest BCUT2D eigenvalue weighted by Crippen LogP contribution is 2.20. The van der Waals surface area contributed by atoms with Crippen LogP contribution in [0.1, 0.15) is 24.8 Å². The number of para-hydroxylation sites is 1. The number of nitriles is 1. The third-order valence-electron chi connectivity index (χ3n) is 5.24. The number of amides is 2. The summed E-state index contributed by atoms with van der Waals surface area (Å²) in [6, 6.07) is 29.1. The molecule has 0 saturated heterocycles. The summed E-state index contributed by atoms with van der Waals surface area (Å²) in [7, 11) is 2.02. The van der Waals surface area contributed by atoms with Crippen molar-refractivity contribution in [3.05, 3.63) is 90.5 Å². The topological polar surface area (TPSA) is 76.4 Å². The fourth-order valence-corrected chi connectivity index (χ4v) is 3.49. The molecule has 0 fully saturated rings. The summed E-state index contributed by atoms with van der Waals surface area (Å²) < 4.78 is 0. The zero-order chi connectivity index (χ0) is 23.5. The lowest BCUT2D eigenvalue weighted by Crippen LogP contribution is -2.32. The van der Waals surface area contributed by atoms with Gasteiger partial charge in [0, 0.05) is 50.0 Å². The fourth-order valence-electron chi connectivity index (χ4n) is 3.49. The number of hydrogen-bond acceptors (Lipinski definition) is 4. The van der Waals surface area contributed by atoms with Crippen LogP contribution in [0.3, 0.4) is 0 Å². The Kier molecular flexibility index (Phi) is 8.61. The van der Waals surface area contributed by atoms with Gasteiger partial charge in [-0.15, -0.1) is 0 Å². The lowest BCUT2D eigenvalue weighted by Gasteiger charge is -2.21. The van der Waals surface area contributed by atoms with Crippen LogP contribution < -0.4 is 15.1 Å². The van der Waals surface area contributed by atoms with E-state index in [1.807, 2.05) is 79.8 Å². The number of anilines is 3. The van der Waals surface area contributed by atoms with E-state index in [0.29, 0.717) is 12.2 Å². The number of nitrogens with one attached hydrogen (secondary N) is 1. The van der Waals surface area contributed by atoms with E-state index in [-0.39, 0.29) is 31.1 Å². The van der Waals surface area contributed by atoms with Gasteiger partial charge in [0.2, 0.25) is 11.8 Å². The van der Waals surface area contributed by atoms with Crippen molar-refractivity contribution in [2.45, 2.75) is 25.8 Å². The Hall–Kier alpha value is -4.11. The molecule has 1 N–H and O–H groups in total. The molecular formula is C27H28N4O2.